The minimum Gasteiger partial charge on any atom is -0.332 e. The summed E-state index contributed by atoms with van der Waals surface area (Å²) in [7, 11) is 0. The average Bonchev–Trinajstić information content (AvgIpc) is 3.14. The zero-order valence-corrected chi connectivity index (χ0v) is 17.2. The first kappa shape index (κ1) is 20.9. The van der Waals surface area contributed by atoms with Crippen LogP contribution in [0.2, 0.25) is 0 Å². The maximum Gasteiger partial charge on any atom is 0.0953 e. The molecule has 0 saturated heterocycles. The number of hydroxylamine groups is 1. The molecule has 0 saturated carbocycles. The van der Waals surface area contributed by atoms with Crippen molar-refractivity contribution < 1.29 is 4.84 Å². The molecular formula is C21H25ClN4OS. The highest BCUT2D eigenvalue weighted by molar-refractivity contribution is 7.99. The Hall–Kier alpha value is -1.83. The van der Waals surface area contributed by atoms with Gasteiger partial charge in [-0.3, -0.25) is 4.84 Å². The van der Waals surface area contributed by atoms with Gasteiger partial charge in [-0.25, -0.2) is 4.98 Å². The maximum absolute atomic E-state index is 5.72. The van der Waals surface area contributed by atoms with Gasteiger partial charge in [-0.2, -0.15) is 5.48 Å². The summed E-state index contributed by atoms with van der Waals surface area (Å²) in [5.41, 5.74) is 6.66. The van der Waals surface area contributed by atoms with Crippen LogP contribution >= 0.6 is 24.2 Å². The summed E-state index contributed by atoms with van der Waals surface area (Å²) in [5.74, 6) is 1.02. The third-order valence-corrected chi connectivity index (χ3v) is 5.59. The van der Waals surface area contributed by atoms with E-state index in [1.165, 1.54) is 10.6 Å². The Labute approximate surface area is 176 Å². The molecule has 5 nitrogen and oxygen atoms in total. The molecule has 1 unspecified atom stereocenters. The Kier molecular flexibility index (Phi) is 7.94. The zero-order valence-electron chi connectivity index (χ0n) is 15.6. The van der Waals surface area contributed by atoms with Crippen LogP contribution in [-0.2, 0) is 24.5 Å². The second-order valence-electron chi connectivity index (χ2n) is 6.51. The minimum absolute atomic E-state index is 0. The lowest BCUT2D eigenvalue weighted by atomic mass is 10.1. The second-order valence-corrected chi connectivity index (χ2v) is 7.68. The zero-order chi connectivity index (χ0) is 18.3. The number of imidazole rings is 1. The van der Waals surface area contributed by atoms with Crippen LogP contribution in [0.5, 0.6) is 0 Å². The fourth-order valence-electron chi connectivity index (χ4n) is 3.21. The van der Waals surface area contributed by atoms with Gasteiger partial charge in [0.2, 0.25) is 0 Å². The number of thioether (sulfide) groups is 1. The average molecular weight is 417 g/mol. The highest BCUT2D eigenvalue weighted by Crippen LogP contribution is 2.22. The molecule has 3 aromatic rings. The summed E-state index contributed by atoms with van der Waals surface area (Å²) in [6, 6.07) is 20.8. The first-order chi connectivity index (χ1) is 13.4. The second kappa shape index (κ2) is 10.6. The first-order valence-corrected chi connectivity index (χ1v) is 10.2. The van der Waals surface area contributed by atoms with Crippen LogP contribution < -0.4 is 10.8 Å². The van der Waals surface area contributed by atoms with Gasteiger partial charge in [-0.1, -0.05) is 48.5 Å². The topological polar surface area (TPSA) is 51.1 Å². The number of rotatable bonds is 8. The highest BCUT2D eigenvalue weighted by atomic mass is 35.5. The Morgan fingerprint density at radius 1 is 1.11 bits per heavy atom. The fraction of sp³-hybridized carbons (Fsp3) is 0.286. The largest absolute Gasteiger partial charge is 0.332 e. The molecule has 1 aliphatic rings. The van der Waals surface area contributed by atoms with Crippen molar-refractivity contribution >= 4 is 24.2 Å². The van der Waals surface area contributed by atoms with Crippen LogP contribution in [-0.4, -0.2) is 21.8 Å². The van der Waals surface area contributed by atoms with Gasteiger partial charge in [0.1, 0.15) is 0 Å². The Bertz CT molecular complexity index is 844. The number of fused-ring (bicyclic) bond motifs is 1. The van der Waals surface area contributed by atoms with E-state index in [4.69, 9.17) is 4.84 Å². The molecule has 0 amide bonds. The van der Waals surface area contributed by atoms with E-state index in [2.05, 4.69) is 62.8 Å². The molecule has 1 atom stereocenters. The van der Waals surface area contributed by atoms with E-state index in [0.29, 0.717) is 6.61 Å². The number of halogens is 1. The lowest BCUT2D eigenvalue weighted by Gasteiger charge is -2.24. The van der Waals surface area contributed by atoms with E-state index >= 15 is 0 Å². The molecular weight excluding hydrogens is 392 g/mol. The van der Waals surface area contributed by atoms with Crippen molar-refractivity contribution in [3.63, 3.8) is 0 Å². The molecule has 148 valence electrons. The molecule has 2 aromatic carbocycles. The molecule has 2 N–H and O–H groups in total. The monoisotopic (exact) mass is 416 g/mol. The number of aromatic nitrogens is 2. The molecule has 0 fully saturated rings. The van der Waals surface area contributed by atoms with Gasteiger partial charge >= 0.3 is 0 Å². The summed E-state index contributed by atoms with van der Waals surface area (Å²) in [6.45, 7) is 3.15. The third kappa shape index (κ3) is 5.37. The van der Waals surface area contributed by atoms with E-state index in [0.717, 1.165) is 36.6 Å². The lowest BCUT2D eigenvalue weighted by Crippen LogP contribution is -2.37. The quantitative estimate of drug-likeness (QED) is 0.430. The van der Waals surface area contributed by atoms with Gasteiger partial charge in [0, 0.05) is 30.3 Å². The standard InChI is InChI=1S/C21H24N4OS.ClH/c1-3-7-17(8-4-1)15-26-24-19-13-22-14-20-21(19)23-16-25(20)11-12-27-18-9-5-2-6-10-18;/h1-10,16,19,22,24H,11-15H2;1H. The fourth-order valence-corrected chi connectivity index (χ4v) is 4.08. The number of nitrogens with one attached hydrogen (secondary N) is 2. The van der Waals surface area contributed by atoms with Crippen LogP contribution in [0.25, 0.3) is 0 Å². The van der Waals surface area contributed by atoms with E-state index in [1.54, 1.807) is 0 Å². The number of hydrogen-bond donors (Lipinski definition) is 2. The molecule has 7 heteroatoms. The molecule has 0 radical (unpaired) electrons. The van der Waals surface area contributed by atoms with Gasteiger partial charge < -0.3 is 9.88 Å². The smallest absolute Gasteiger partial charge is 0.0953 e. The van der Waals surface area contributed by atoms with E-state index < -0.39 is 0 Å². The minimum atomic E-state index is 0. The molecule has 2 heterocycles. The number of hydrogen-bond acceptors (Lipinski definition) is 5. The molecule has 1 aromatic heterocycles. The lowest BCUT2D eigenvalue weighted by molar-refractivity contribution is 0.000438. The third-order valence-electron chi connectivity index (χ3n) is 4.60. The number of benzene rings is 2. The summed E-state index contributed by atoms with van der Waals surface area (Å²) in [4.78, 5) is 11.7. The number of aryl methyl sites for hydroxylation is 1. The van der Waals surface area contributed by atoms with Crippen molar-refractivity contribution in [1.29, 1.82) is 0 Å². The van der Waals surface area contributed by atoms with Crippen LogP contribution in [0, 0.1) is 0 Å². The highest BCUT2D eigenvalue weighted by Gasteiger charge is 2.24. The predicted octanol–water partition coefficient (Wildman–Crippen LogP) is 3.96. The van der Waals surface area contributed by atoms with Crippen molar-refractivity contribution in [2.24, 2.45) is 0 Å². The van der Waals surface area contributed by atoms with Crippen molar-refractivity contribution in [1.82, 2.24) is 20.3 Å². The summed E-state index contributed by atoms with van der Waals surface area (Å²) < 4.78 is 2.25. The summed E-state index contributed by atoms with van der Waals surface area (Å²) in [6.07, 6.45) is 1.95. The van der Waals surface area contributed by atoms with Crippen LogP contribution in [0.15, 0.2) is 71.9 Å². The van der Waals surface area contributed by atoms with E-state index in [-0.39, 0.29) is 18.4 Å². The van der Waals surface area contributed by atoms with E-state index in [9.17, 15) is 0 Å². The van der Waals surface area contributed by atoms with Crippen molar-refractivity contribution in [3.05, 3.63) is 83.9 Å². The molecule has 28 heavy (non-hydrogen) atoms. The maximum atomic E-state index is 5.72. The van der Waals surface area contributed by atoms with E-state index in [1.807, 2.05) is 36.3 Å². The first-order valence-electron chi connectivity index (χ1n) is 9.24. The summed E-state index contributed by atoms with van der Waals surface area (Å²) >= 11 is 1.87. The van der Waals surface area contributed by atoms with Gasteiger partial charge in [0.15, 0.2) is 0 Å². The van der Waals surface area contributed by atoms with Gasteiger partial charge in [-0.15, -0.1) is 24.2 Å². The van der Waals surface area contributed by atoms with Gasteiger partial charge in [-0.05, 0) is 17.7 Å². The molecule has 0 aliphatic carbocycles. The van der Waals surface area contributed by atoms with Crippen LogP contribution in [0.4, 0.5) is 0 Å². The molecule has 0 spiro atoms. The molecule has 0 bridgehead atoms. The van der Waals surface area contributed by atoms with Gasteiger partial charge in [0.05, 0.1) is 30.4 Å². The van der Waals surface area contributed by atoms with Crippen LogP contribution in [0.1, 0.15) is 23.0 Å². The van der Waals surface area contributed by atoms with Gasteiger partial charge in [0.25, 0.3) is 0 Å². The normalized spacial score (nSPS) is 15.6. The Morgan fingerprint density at radius 3 is 2.64 bits per heavy atom. The molecule has 1 aliphatic heterocycles. The predicted molar refractivity (Wildman–Crippen MR) is 115 cm³/mol. The van der Waals surface area contributed by atoms with Crippen molar-refractivity contribution in [3.8, 4) is 0 Å². The van der Waals surface area contributed by atoms with Crippen LogP contribution in [0.3, 0.4) is 0 Å². The van der Waals surface area contributed by atoms with Crippen molar-refractivity contribution in [2.45, 2.75) is 30.6 Å². The Morgan fingerprint density at radius 2 is 1.86 bits per heavy atom. The molecule has 4 rings (SSSR count). The Balaban J connectivity index is 0.00000225. The van der Waals surface area contributed by atoms with Crippen molar-refractivity contribution in [2.75, 3.05) is 12.3 Å². The SMILES string of the molecule is Cl.c1ccc(CONC2CNCc3c2ncn3CCSc2ccccc2)cc1. The number of nitrogens with zero attached hydrogens (tertiary/aromatic N) is 2. The summed E-state index contributed by atoms with van der Waals surface area (Å²) in [5, 5.41) is 3.46.